The Labute approximate surface area is 125 Å². The smallest absolute Gasteiger partial charge is 0.305 e. The van der Waals surface area contributed by atoms with Crippen molar-refractivity contribution in [1.82, 2.24) is 5.32 Å². The lowest BCUT2D eigenvalue weighted by molar-refractivity contribution is -0.139. The molecule has 0 saturated carbocycles. The molecule has 0 radical (unpaired) electrons. The van der Waals surface area contributed by atoms with E-state index in [1.54, 1.807) is 4.90 Å². The van der Waals surface area contributed by atoms with Crippen molar-refractivity contribution >= 4 is 35.1 Å². The third-order valence-corrected chi connectivity index (χ3v) is 3.47. The first kappa shape index (κ1) is 15.1. The number of primary amides is 1. The summed E-state index contributed by atoms with van der Waals surface area (Å²) < 4.78 is 0. The van der Waals surface area contributed by atoms with Crippen molar-refractivity contribution in [2.45, 2.75) is 12.5 Å². The number of anilines is 1. The largest absolute Gasteiger partial charge is 0.481 e. The zero-order chi connectivity index (χ0) is 15.6. The second-order valence-corrected chi connectivity index (χ2v) is 5.06. The second kappa shape index (κ2) is 6.01. The zero-order valence-electron chi connectivity index (χ0n) is 11.0. The predicted molar refractivity (Wildman–Crippen MR) is 76.4 cm³/mol. The average Bonchev–Trinajstić information content (AvgIpc) is 2.40. The number of hydrogen-bond acceptors (Lipinski definition) is 4. The lowest BCUT2D eigenvalue weighted by atomic mass is 10.0. The number of nitrogens with two attached hydrogens (primary N) is 1. The van der Waals surface area contributed by atoms with Crippen molar-refractivity contribution in [2.24, 2.45) is 5.73 Å². The topological polar surface area (TPSA) is 113 Å². The fraction of sp³-hybridized carbons (Fsp3) is 0.308. The molecule has 1 atom stereocenters. The van der Waals surface area contributed by atoms with Crippen LogP contribution in [0.4, 0.5) is 5.69 Å². The molecule has 4 N–H and O–H groups in total. The SMILES string of the molecule is NC(=O)c1ccc(Cl)cc1N1CCNC(=O)C1CC(=O)O. The van der Waals surface area contributed by atoms with Gasteiger partial charge in [-0.05, 0) is 18.2 Å². The zero-order valence-corrected chi connectivity index (χ0v) is 11.8. The molecule has 1 aromatic rings. The first-order valence-electron chi connectivity index (χ1n) is 6.25. The van der Waals surface area contributed by atoms with E-state index in [1.807, 2.05) is 0 Å². The van der Waals surface area contributed by atoms with Crippen LogP contribution in [0.3, 0.4) is 0 Å². The first-order chi connectivity index (χ1) is 9.90. The van der Waals surface area contributed by atoms with E-state index in [-0.39, 0.29) is 12.0 Å². The number of amides is 2. The van der Waals surface area contributed by atoms with E-state index in [1.165, 1.54) is 18.2 Å². The highest BCUT2D eigenvalue weighted by Gasteiger charge is 2.33. The summed E-state index contributed by atoms with van der Waals surface area (Å²) in [6, 6.07) is 3.58. The van der Waals surface area contributed by atoms with E-state index < -0.39 is 23.8 Å². The number of rotatable bonds is 4. The van der Waals surface area contributed by atoms with Gasteiger partial charge in [0.25, 0.3) is 5.91 Å². The highest BCUT2D eigenvalue weighted by molar-refractivity contribution is 6.31. The van der Waals surface area contributed by atoms with Crippen LogP contribution in [0.5, 0.6) is 0 Å². The van der Waals surface area contributed by atoms with Gasteiger partial charge >= 0.3 is 5.97 Å². The number of aliphatic carboxylic acids is 1. The molecule has 2 rings (SSSR count). The number of piperazine rings is 1. The number of carbonyl (C=O) groups excluding carboxylic acids is 2. The average molecular weight is 312 g/mol. The Hall–Kier alpha value is -2.28. The van der Waals surface area contributed by atoms with Crippen molar-refractivity contribution in [3.63, 3.8) is 0 Å². The van der Waals surface area contributed by atoms with Gasteiger partial charge in [-0.15, -0.1) is 0 Å². The molecule has 0 aromatic heterocycles. The normalized spacial score (nSPS) is 18.2. The third kappa shape index (κ3) is 3.25. The molecule has 1 fully saturated rings. The van der Waals surface area contributed by atoms with Gasteiger partial charge in [-0.25, -0.2) is 0 Å². The number of carboxylic acids is 1. The molecule has 2 amide bonds. The van der Waals surface area contributed by atoms with Crippen molar-refractivity contribution in [1.29, 1.82) is 0 Å². The number of hydrogen-bond donors (Lipinski definition) is 3. The van der Waals surface area contributed by atoms with Crippen LogP contribution in [0.2, 0.25) is 5.02 Å². The summed E-state index contributed by atoms with van der Waals surface area (Å²) in [5.74, 6) is -2.18. The minimum atomic E-state index is -1.11. The number of carboxylic acid groups (broad SMARTS) is 1. The molecule has 0 aliphatic carbocycles. The number of halogens is 1. The van der Waals surface area contributed by atoms with Crippen molar-refractivity contribution in [3.05, 3.63) is 28.8 Å². The van der Waals surface area contributed by atoms with Crippen LogP contribution in [-0.2, 0) is 9.59 Å². The Bertz CT molecular complexity index is 605. The number of nitrogens with zero attached hydrogens (tertiary/aromatic N) is 1. The summed E-state index contributed by atoms with van der Waals surface area (Å²) in [5.41, 5.74) is 5.90. The highest BCUT2D eigenvalue weighted by Crippen LogP contribution is 2.28. The Balaban J connectivity index is 2.46. The van der Waals surface area contributed by atoms with Crippen molar-refractivity contribution in [2.75, 3.05) is 18.0 Å². The molecule has 0 spiro atoms. The van der Waals surface area contributed by atoms with Crippen LogP contribution in [0, 0.1) is 0 Å². The molecule has 21 heavy (non-hydrogen) atoms. The monoisotopic (exact) mass is 311 g/mol. The maximum absolute atomic E-state index is 11.9. The van der Waals surface area contributed by atoms with Crippen molar-refractivity contribution in [3.8, 4) is 0 Å². The summed E-state index contributed by atoms with van der Waals surface area (Å²) in [6.45, 7) is 0.712. The van der Waals surface area contributed by atoms with Gasteiger partial charge in [0.1, 0.15) is 6.04 Å². The van der Waals surface area contributed by atoms with E-state index in [2.05, 4.69) is 5.32 Å². The molecule has 112 valence electrons. The van der Waals surface area contributed by atoms with Crippen LogP contribution in [0.1, 0.15) is 16.8 Å². The van der Waals surface area contributed by atoms with E-state index in [0.29, 0.717) is 23.8 Å². The maximum atomic E-state index is 11.9. The standard InChI is InChI=1S/C13H14ClN3O4/c14-7-1-2-8(12(15)20)9(5-7)17-4-3-16-13(21)10(17)6-11(18)19/h1-2,5,10H,3-4,6H2,(H2,15,20)(H,16,21)(H,18,19). The Morgan fingerprint density at radius 1 is 1.48 bits per heavy atom. The molecule has 1 aromatic carbocycles. The fourth-order valence-corrected chi connectivity index (χ4v) is 2.49. The van der Waals surface area contributed by atoms with Crippen LogP contribution in [0.25, 0.3) is 0 Å². The van der Waals surface area contributed by atoms with Crippen LogP contribution in [-0.4, -0.2) is 42.0 Å². The van der Waals surface area contributed by atoms with Gasteiger partial charge in [0.2, 0.25) is 5.91 Å². The van der Waals surface area contributed by atoms with Gasteiger partial charge in [0.15, 0.2) is 0 Å². The Morgan fingerprint density at radius 2 is 2.19 bits per heavy atom. The Morgan fingerprint density at radius 3 is 2.81 bits per heavy atom. The molecular weight excluding hydrogens is 298 g/mol. The highest BCUT2D eigenvalue weighted by atomic mass is 35.5. The van der Waals surface area contributed by atoms with Gasteiger partial charge in [0.05, 0.1) is 17.7 Å². The number of nitrogens with one attached hydrogen (secondary N) is 1. The lowest BCUT2D eigenvalue weighted by Gasteiger charge is -2.36. The lowest BCUT2D eigenvalue weighted by Crippen LogP contribution is -2.56. The van der Waals surface area contributed by atoms with Gasteiger partial charge in [-0.2, -0.15) is 0 Å². The summed E-state index contributed by atoms with van der Waals surface area (Å²) in [4.78, 5) is 35.9. The first-order valence-corrected chi connectivity index (χ1v) is 6.63. The molecule has 1 saturated heterocycles. The van der Waals surface area contributed by atoms with Gasteiger partial charge in [-0.3, -0.25) is 14.4 Å². The Kier molecular flexibility index (Phi) is 4.32. The molecule has 1 heterocycles. The van der Waals surface area contributed by atoms with E-state index in [0.717, 1.165) is 0 Å². The molecule has 1 aliphatic rings. The molecule has 1 aliphatic heterocycles. The van der Waals surface area contributed by atoms with E-state index in [9.17, 15) is 14.4 Å². The summed E-state index contributed by atoms with van der Waals surface area (Å²) in [7, 11) is 0. The van der Waals surface area contributed by atoms with Crippen LogP contribution >= 0.6 is 11.6 Å². The summed E-state index contributed by atoms with van der Waals surface area (Å²) in [6.07, 6.45) is -0.378. The molecule has 1 unspecified atom stereocenters. The molecule has 7 nitrogen and oxygen atoms in total. The van der Waals surface area contributed by atoms with Gasteiger partial charge < -0.3 is 21.1 Å². The van der Waals surface area contributed by atoms with Crippen LogP contribution < -0.4 is 16.0 Å². The number of carbonyl (C=O) groups is 3. The van der Waals surface area contributed by atoms with Gasteiger partial charge in [-0.1, -0.05) is 11.6 Å². The molecular formula is C13H14ClN3O4. The predicted octanol–water partition coefficient (Wildman–Crippen LogP) is 0.218. The van der Waals surface area contributed by atoms with Crippen LogP contribution in [0.15, 0.2) is 18.2 Å². The molecule has 8 heteroatoms. The number of benzene rings is 1. The summed E-state index contributed by atoms with van der Waals surface area (Å²) in [5, 5.41) is 11.9. The van der Waals surface area contributed by atoms with Crippen molar-refractivity contribution < 1.29 is 19.5 Å². The third-order valence-electron chi connectivity index (χ3n) is 3.23. The minimum absolute atomic E-state index is 0.199. The van der Waals surface area contributed by atoms with E-state index in [4.69, 9.17) is 22.4 Å². The van der Waals surface area contributed by atoms with Gasteiger partial charge in [0, 0.05) is 18.1 Å². The minimum Gasteiger partial charge on any atom is -0.481 e. The second-order valence-electron chi connectivity index (χ2n) is 4.62. The fourth-order valence-electron chi connectivity index (χ4n) is 2.32. The quantitative estimate of drug-likeness (QED) is 0.736. The maximum Gasteiger partial charge on any atom is 0.305 e. The molecule has 0 bridgehead atoms. The van der Waals surface area contributed by atoms with E-state index >= 15 is 0 Å². The summed E-state index contributed by atoms with van der Waals surface area (Å²) >= 11 is 5.93.